The summed E-state index contributed by atoms with van der Waals surface area (Å²) in [6.07, 6.45) is 0.797. The first-order valence-corrected chi connectivity index (χ1v) is 7.22. The largest absolute Gasteiger partial charge is 0.393 e. The van der Waals surface area contributed by atoms with Crippen molar-refractivity contribution in [1.82, 2.24) is 10.6 Å². The standard InChI is InChI=1S/C13H20N2O3S/c1-3-10(16)6-7-14-12(17)9(2)15-13(18)11-5-4-8-19-11/h4-5,8-10,16H,3,6-7H2,1-2H3,(H,14,17)(H,15,18). The highest BCUT2D eigenvalue weighted by atomic mass is 32.1. The lowest BCUT2D eigenvalue weighted by atomic mass is 10.2. The van der Waals surface area contributed by atoms with Crippen molar-refractivity contribution in [3.05, 3.63) is 22.4 Å². The van der Waals surface area contributed by atoms with Crippen molar-refractivity contribution in [3.63, 3.8) is 0 Å². The van der Waals surface area contributed by atoms with Gasteiger partial charge in [0, 0.05) is 6.54 Å². The third kappa shape index (κ3) is 5.40. The van der Waals surface area contributed by atoms with E-state index >= 15 is 0 Å². The summed E-state index contributed by atoms with van der Waals surface area (Å²) in [4.78, 5) is 24.0. The van der Waals surface area contributed by atoms with Gasteiger partial charge in [0.1, 0.15) is 6.04 Å². The van der Waals surface area contributed by atoms with E-state index in [0.717, 1.165) is 0 Å². The van der Waals surface area contributed by atoms with E-state index in [4.69, 9.17) is 0 Å². The van der Waals surface area contributed by atoms with Gasteiger partial charge in [-0.3, -0.25) is 9.59 Å². The molecule has 106 valence electrons. The van der Waals surface area contributed by atoms with Crippen LogP contribution in [0.4, 0.5) is 0 Å². The third-order valence-corrected chi connectivity index (χ3v) is 3.60. The van der Waals surface area contributed by atoms with Gasteiger partial charge in [0.15, 0.2) is 0 Å². The van der Waals surface area contributed by atoms with Gasteiger partial charge in [-0.05, 0) is 31.2 Å². The maximum Gasteiger partial charge on any atom is 0.261 e. The van der Waals surface area contributed by atoms with Gasteiger partial charge < -0.3 is 15.7 Å². The number of aliphatic hydroxyl groups excluding tert-OH is 1. The number of hydrogen-bond donors (Lipinski definition) is 3. The number of nitrogens with one attached hydrogen (secondary N) is 2. The molecule has 1 aromatic heterocycles. The molecule has 0 aliphatic rings. The second kappa shape index (κ2) is 7.91. The summed E-state index contributed by atoms with van der Waals surface area (Å²) in [5, 5.41) is 16.5. The predicted molar refractivity (Wildman–Crippen MR) is 75.2 cm³/mol. The highest BCUT2D eigenvalue weighted by molar-refractivity contribution is 7.12. The molecule has 19 heavy (non-hydrogen) atoms. The third-order valence-electron chi connectivity index (χ3n) is 2.73. The van der Waals surface area contributed by atoms with Gasteiger partial charge in [-0.2, -0.15) is 0 Å². The van der Waals surface area contributed by atoms with E-state index in [1.54, 1.807) is 19.1 Å². The molecule has 1 rings (SSSR count). The van der Waals surface area contributed by atoms with Crippen molar-refractivity contribution in [3.8, 4) is 0 Å². The zero-order chi connectivity index (χ0) is 14.3. The number of amides is 2. The summed E-state index contributed by atoms with van der Waals surface area (Å²) in [6, 6.07) is 2.91. The Morgan fingerprint density at radius 2 is 2.21 bits per heavy atom. The summed E-state index contributed by atoms with van der Waals surface area (Å²) >= 11 is 1.33. The zero-order valence-electron chi connectivity index (χ0n) is 11.2. The van der Waals surface area contributed by atoms with E-state index in [-0.39, 0.29) is 11.8 Å². The second-order valence-corrected chi connectivity index (χ2v) is 5.26. The van der Waals surface area contributed by atoms with E-state index in [1.807, 2.05) is 12.3 Å². The van der Waals surface area contributed by atoms with Gasteiger partial charge >= 0.3 is 0 Å². The smallest absolute Gasteiger partial charge is 0.261 e. The fraction of sp³-hybridized carbons (Fsp3) is 0.538. The Labute approximate surface area is 117 Å². The minimum atomic E-state index is -0.589. The number of carbonyl (C=O) groups excluding carboxylic acids is 2. The van der Waals surface area contributed by atoms with E-state index in [2.05, 4.69) is 10.6 Å². The van der Waals surface area contributed by atoms with Gasteiger partial charge in [0.25, 0.3) is 5.91 Å². The number of thiophene rings is 1. The number of aliphatic hydroxyl groups is 1. The molecule has 0 saturated heterocycles. The lowest BCUT2D eigenvalue weighted by Crippen LogP contribution is -2.45. The van der Waals surface area contributed by atoms with Crippen molar-refractivity contribution in [2.75, 3.05) is 6.54 Å². The maximum atomic E-state index is 11.7. The van der Waals surface area contributed by atoms with Crippen LogP contribution in [0.2, 0.25) is 0 Å². The maximum absolute atomic E-state index is 11.7. The highest BCUT2D eigenvalue weighted by Gasteiger charge is 2.16. The molecule has 0 aromatic carbocycles. The molecular weight excluding hydrogens is 264 g/mol. The van der Waals surface area contributed by atoms with Crippen LogP contribution >= 0.6 is 11.3 Å². The summed E-state index contributed by atoms with van der Waals surface area (Å²) in [6.45, 7) is 3.93. The van der Waals surface area contributed by atoms with Crippen LogP contribution in [0.5, 0.6) is 0 Å². The first-order valence-electron chi connectivity index (χ1n) is 6.34. The minimum Gasteiger partial charge on any atom is -0.393 e. The summed E-state index contributed by atoms with van der Waals surface area (Å²) in [7, 11) is 0. The second-order valence-electron chi connectivity index (χ2n) is 4.31. The number of rotatable bonds is 7. The Morgan fingerprint density at radius 3 is 2.79 bits per heavy atom. The average Bonchev–Trinajstić information content (AvgIpc) is 2.92. The van der Waals surface area contributed by atoms with Crippen LogP contribution in [0.3, 0.4) is 0 Å². The number of carbonyl (C=O) groups is 2. The molecule has 5 nitrogen and oxygen atoms in total. The average molecular weight is 284 g/mol. The van der Waals surface area contributed by atoms with Gasteiger partial charge in [0.05, 0.1) is 11.0 Å². The molecule has 0 saturated carbocycles. The highest BCUT2D eigenvalue weighted by Crippen LogP contribution is 2.08. The summed E-state index contributed by atoms with van der Waals surface area (Å²) < 4.78 is 0. The van der Waals surface area contributed by atoms with Crippen LogP contribution < -0.4 is 10.6 Å². The van der Waals surface area contributed by atoms with Crippen LogP contribution in [0, 0.1) is 0 Å². The molecule has 3 N–H and O–H groups in total. The summed E-state index contributed by atoms with van der Waals surface area (Å²) in [5.41, 5.74) is 0. The van der Waals surface area contributed by atoms with Crippen LogP contribution in [-0.2, 0) is 4.79 Å². The van der Waals surface area contributed by atoms with Crippen LogP contribution in [0.1, 0.15) is 36.4 Å². The Bertz CT molecular complexity index is 406. The molecule has 1 aromatic rings. The molecule has 0 aliphatic carbocycles. The molecule has 0 spiro atoms. The van der Waals surface area contributed by atoms with Crippen molar-refractivity contribution < 1.29 is 14.7 Å². The van der Waals surface area contributed by atoms with Gasteiger partial charge in [-0.25, -0.2) is 0 Å². The van der Waals surface area contributed by atoms with Gasteiger partial charge in [-0.1, -0.05) is 13.0 Å². The molecule has 0 aliphatic heterocycles. The van der Waals surface area contributed by atoms with Crippen molar-refractivity contribution >= 4 is 23.2 Å². The molecular formula is C13H20N2O3S. The monoisotopic (exact) mass is 284 g/mol. The van der Waals surface area contributed by atoms with E-state index in [0.29, 0.717) is 24.3 Å². The Hall–Kier alpha value is -1.40. The SMILES string of the molecule is CCC(O)CCNC(=O)C(C)NC(=O)c1cccs1. The lowest BCUT2D eigenvalue weighted by Gasteiger charge is -2.14. The van der Waals surface area contributed by atoms with Crippen molar-refractivity contribution in [1.29, 1.82) is 0 Å². The Kier molecular flexibility index (Phi) is 6.52. The van der Waals surface area contributed by atoms with E-state index < -0.39 is 12.1 Å². The normalized spacial score (nSPS) is 13.6. The van der Waals surface area contributed by atoms with Crippen LogP contribution in [0.15, 0.2) is 17.5 Å². The van der Waals surface area contributed by atoms with Gasteiger partial charge in [-0.15, -0.1) is 11.3 Å². The minimum absolute atomic E-state index is 0.242. The first-order chi connectivity index (χ1) is 9.04. The molecule has 2 unspecified atom stereocenters. The van der Waals surface area contributed by atoms with E-state index in [1.165, 1.54) is 11.3 Å². The Balaban J connectivity index is 2.30. The van der Waals surface area contributed by atoms with Crippen LogP contribution in [0.25, 0.3) is 0 Å². The molecule has 0 radical (unpaired) electrons. The molecule has 2 amide bonds. The first kappa shape index (κ1) is 15.7. The van der Waals surface area contributed by atoms with Crippen LogP contribution in [-0.4, -0.2) is 35.6 Å². The fourth-order valence-corrected chi connectivity index (χ4v) is 2.09. The number of hydrogen-bond acceptors (Lipinski definition) is 4. The molecule has 1 heterocycles. The zero-order valence-corrected chi connectivity index (χ0v) is 12.0. The molecule has 6 heteroatoms. The van der Waals surface area contributed by atoms with Gasteiger partial charge in [0.2, 0.25) is 5.91 Å². The fourth-order valence-electron chi connectivity index (χ4n) is 1.46. The predicted octanol–water partition coefficient (Wildman–Crippen LogP) is 1.14. The summed E-state index contributed by atoms with van der Waals surface area (Å²) in [5.74, 6) is -0.487. The lowest BCUT2D eigenvalue weighted by molar-refractivity contribution is -0.122. The topological polar surface area (TPSA) is 78.4 Å². The quantitative estimate of drug-likeness (QED) is 0.702. The van der Waals surface area contributed by atoms with E-state index in [9.17, 15) is 14.7 Å². The van der Waals surface area contributed by atoms with Crippen molar-refractivity contribution in [2.24, 2.45) is 0 Å². The molecule has 2 atom stereocenters. The molecule has 0 bridgehead atoms. The molecule has 0 fully saturated rings. The van der Waals surface area contributed by atoms with Crippen molar-refractivity contribution in [2.45, 2.75) is 38.8 Å². The Morgan fingerprint density at radius 1 is 1.47 bits per heavy atom.